The van der Waals surface area contributed by atoms with Gasteiger partial charge in [-0.25, -0.2) is 0 Å². The molecule has 1 aromatic rings. The van der Waals surface area contributed by atoms with Crippen LogP contribution >= 0.6 is 0 Å². The van der Waals surface area contributed by atoms with Gasteiger partial charge in [-0.3, -0.25) is 0 Å². The fourth-order valence-electron chi connectivity index (χ4n) is 2.48. The maximum Gasteiger partial charge on any atom is 0.0443 e. The van der Waals surface area contributed by atoms with Crippen molar-refractivity contribution in [1.82, 2.24) is 5.32 Å². The summed E-state index contributed by atoms with van der Waals surface area (Å²) in [6, 6.07) is 8.72. The van der Waals surface area contributed by atoms with Crippen LogP contribution in [0, 0.1) is 0 Å². The molecule has 0 saturated carbocycles. The highest BCUT2D eigenvalue weighted by atomic mass is 16.3. The van der Waals surface area contributed by atoms with E-state index in [1.165, 1.54) is 16.9 Å². The highest BCUT2D eigenvalue weighted by Gasteiger charge is 2.07. The van der Waals surface area contributed by atoms with Gasteiger partial charge in [-0.15, -0.1) is 0 Å². The number of nitrogens with one attached hydrogen (secondary N) is 1. The SMILES string of the molecule is CN(C1=CCCC=C1)c1cccc(CCNCCCO)c1. The first-order chi connectivity index (χ1) is 10.3. The number of aliphatic hydroxyl groups excluding tert-OH is 1. The van der Waals surface area contributed by atoms with Crippen molar-refractivity contribution in [2.45, 2.75) is 25.7 Å². The molecule has 0 spiro atoms. The van der Waals surface area contributed by atoms with Crippen LogP contribution in [0.25, 0.3) is 0 Å². The Hall–Kier alpha value is -1.58. The molecule has 0 aromatic heterocycles. The maximum absolute atomic E-state index is 8.75. The average Bonchev–Trinajstić information content (AvgIpc) is 2.55. The Balaban J connectivity index is 1.91. The van der Waals surface area contributed by atoms with Crippen LogP contribution in [-0.4, -0.2) is 31.9 Å². The maximum atomic E-state index is 8.75. The van der Waals surface area contributed by atoms with Gasteiger partial charge in [-0.2, -0.15) is 0 Å². The van der Waals surface area contributed by atoms with Crippen LogP contribution in [-0.2, 0) is 6.42 Å². The lowest BCUT2D eigenvalue weighted by atomic mass is 10.1. The summed E-state index contributed by atoms with van der Waals surface area (Å²) in [4.78, 5) is 2.25. The van der Waals surface area contributed by atoms with E-state index in [1.807, 2.05) is 0 Å². The van der Waals surface area contributed by atoms with E-state index < -0.39 is 0 Å². The number of likely N-dealkylation sites (N-methyl/N-ethyl adjacent to an activating group) is 1. The van der Waals surface area contributed by atoms with Crippen LogP contribution < -0.4 is 10.2 Å². The van der Waals surface area contributed by atoms with Gasteiger partial charge in [0.15, 0.2) is 0 Å². The highest BCUT2D eigenvalue weighted by molar-refractivity contribution is 5.55. The number of aliphatic hydroxyl groups is 1. The number of rotatable bonds is 8. The van der Waals surface area contributed by atoms with Crippen molar-refractivity contribution >= 4 is 5.69 Å². The van der Waals surface area contributed by atoms with Gasteiger partial charge in [0.2, 0.25) is 0 Å². The van der Waals surface area contributed by atoms with Gasteiger partial charge in [-0.1, -0.05) is 24.3 Å². The van der Waals surface area contributed by atoms with Gasteiger partial charge in [0, 0.05) is 25.0 Å². The summed E-state index contributed by atoms with van der Waals surface area (Å²) in [6.45, 7) is 2.10. The van der Waals surface area contributed by atoms with Gasteiger partial charge in [0.1, 0.15) is 0 Å². The van der Waals surface area contributed by atoms with E-state index in [0.717, 1.165) is 38.8 Å². The lowest BCUT2D eigenvalue weighted by Crippen LogP contribution is -2.19. The Labute approximate surface area is 128 Å². The molecule has 3 heteroatoms. The first-order valence-corrected chi connectivity index (χ1v) is 7.82. The Bertz CT molecular complexity index is 494. The Morgan fingerprint density at radius 3 is 2.90 bits per heavy atom. The van der Waals surface area contributed by atoms with Crippen molar-refractivity contribution in [3.05, 3.63) is 53.8 Å². The monoisotopic (exact) mass is 286 g/mol. The third kappa shape index (κ3) is 5.03. The number of anilines is 1. The molecule has 114 valence electrons. The third-order valence-corrected chi connectivity index (χ3v) is 3.76. The van der Waals surface area contributed by atoms with E-state index in [9.17, 15) is 0 Å². The minimum absolute atomic E-state index is 0.260. The van der Waals surface area contributed by atoms with Crippen LogP contribution in [0.1, 0.15) is 24.8 Å². The lowest BCUT2D eigenvalue weighted by molar-refractivity contribution is 0.286. The van der Waals surface area contributed by atoms with Crippen molar-refractivity contribution in [2.24, 2.45) is 0 Å². The molecule has 2 N–H and O–H groups in total. The second-order valence-corrected chi connectivity index (χ2v) is 5.41. The number of hydrogen-bond acceptors (Lipinski definition) is 3. The summed E-state index contributed by atoms with van der Waals surface area (Å²) >= 11 is 0. The van der Waals surface area contributed by atoms with Crippen LogP contribution in [0.4, 0.5) is 5.69 Å². The Morgan fingerprint density at radius 1 is 1.24 bits per heavy atom. The molecule has 0 radical (unpaired) electrons. The number of benzene rings is 1. The van der Waals surface area contributed by atoms with E-state index in [0.29, 0.717) is 0 Å². The summed E-state index contributed by atoms with van der Waals surface area (Å²) in [7, 11) is 2.13. The van der Waals surface area contributed by atoms with Gasteiger partial charge in [0.05, 0.1) is 0 Å². The molecule has 1 aliphatic carbocycles. The minimum atomic E-state index is 0.260. The molecule has 0 aliphatic heterocycles. The first kappa shape index (κ1) is 15.8. The van der Waals surface area contributed by atoms with Crippen molar-refractivity contribution in [2.75, 3.05) is 31.6 Å². The second kappa shape index (κ2) is 8.65. The van der Waals surface area contributed by atoms with Crippen LogP contribution in [0.2, 0.25) is 0 Å². The van der Waals surface area contributed by atoms with Crippen LogP contribution in [0.3, 0.4) is 0 Å². The first-order valence-electron chi connectivity index (χ1n) is 7.82. The molecule has 21 heavy (non-hydrogen) atoms. The van der Waals surface area contributed by atoms with Crippen LogP contribution in [0.5, 0.6) is 0 Å². The second-order valence-electron chi connectivity index (χ2n) is 5.41. The molecule has 0 unspecified atom stereocenters. The number of allylic oxidation sites excluding steroid dienone is 3. The number of hydrogen-bond donors (Lipinski definition) is 2. The quantitative estimate of drug-likeness (QED) is 0.721. The molecule has 0 atom stereocenters. The Kier molecular flexibility index (Phi) is 6.51. The zero-order valence-electron chi connectivity index (χ0n) is 12.9. The van der Waals surface area contributed by atoms with Gasteiger partial charge >= 0.3 is 0 Å². The summed E-state index contributed by atoms with van der Waals surface area (Å²) in [5, 5.41) is 12.1. The van der Waals surface area contributed by atoms with Gasteiger partial charge in [0.25, 0.3) is 0 Å². The predicted molar refractivity (Wildman–Crippen MR) is 89.6 cm³/mol. The number of nitrogens with zero attached hydrogens (tertiary/aromatic N) is 1. The van der Waals surface area contributed by atoms with Crippen molar-refractivity contribution in [3.8, 4) is 0 Å². The molecule has 2 rings (SSSR count). The molecule has 0 bridgehead atoms. The Morgan fingerprint density at radius 2 is 2.14 bits per heavy atom. The van der Waals surface area contributed by atoms with E-state index in [4.69, 9.17) is 5.11 Å². The van der Waals surface area contributed by atoms with E-state index in [1.54, 1.807) is 0 Å². The zero-order chi connectivity index (χ0) is 14.9. The van der Waals surface area contributed by atoms with E-state index >= 15 is 0 Å². The van der Waals surface area contributed by atoms with Gasteiger partial charge < -0.3 is 15.3 Å². The molecule has 0 heterocycles. The van der Waals surface area contributed by atoms with E-state index in [-0.39, 0.29) is 6.61 Å². The smallest absolute Gasteiger partial charge is 0.0443 e. The highest BCUT2D eigenvalue weighted by Crippen LogP contribution is 2.22. The topological polar surface area (TPSA) is 35.5 Å². The minimum Gasteiger partial charge on any atom is -0.396 e. The molecular formula is C18H26N2O. The lowest BCUT2D eigenvalue weighted by Gasteiger charge is -2.23. The van der Waals surface area contributed by atoms with Crippen molar-refractivity contribution in [3.63, 3.8) is 0 Å². The molecular weight excluding hydrogens is 260 g/mol. The molecule has 0 fully saturated rings. The molecule has 1 aromatic carbocycles. The predicted octanol–water partition coefficient (Wildman–Crippen LogP) is 2.87. The molecule has 1 aliphatic rings. The molecule has 0 saturated heterocycles. The standard InChI is InChI=1S/C18H26N2O/c1-20(17-8-3-2-4-9-17)18-10-5-7-16(15-18)11-13-19-12-6-14-21/h3,5,7-10,15,19,21H,2,4,6,11-14H2,1H3. The van der Waals surface area contributed by atoms with Crippen molar-refractivity contribution in [1.29, 1.82) is 0 Å². The van der Waals surface area contributed by atoms with Crippen molar-refractivity contribution < 1.29 is 5.11 Å². The van der Waals surface area contributed by atoms with E-state index in [2.05, 4.69) is 59.8 Å². The largest absolute Gasteiger partial charge is 0.396 e. The molecule has 0 amide bonds. The van der Waals surface area contributed by atoms with Crippen LogP contribution in [0.15, 0.2) is 48.2 Å². The summed E-state index contributed by atoms with van der Waals surface area (Å²) < 4.78 is 0. The average molecular weight is 286 g/mol. The summed E-state index contributed by atoms with van der Waals surface area (Å²) in [6.07, 6.45) is 10.9. The zero-order valence-corrected chi connectivity index (χ0v) is 12.9. The normalized spacial score (nSPS) is 14.1. The fourth-order valence-corrected chi connectivity index (χ4v) is 2.48. The molecule has 3 nitrogen and oxygen atoms in total. The summed E-state index contributed by atoms with van der Waals surface area (Å²) in [5.41, 5.74) is 3.86. The van der Waals surface area contributed by atoms with Gasteiger partial charge in [-0.05, 0) is 62.5 Å². The fraction of sp³-hybridized carbons (Fsp3) is 0.444. The third-order valence-electron chi connectivity index (χ3n) is 3.76. The summed E-state index contributed by atoms with van der Waals surface area (Å²) in [5.74, 6) is 0.